The minimum absolute atomic E-state index is 0.0133. The van der Waals surface area contributed by atoms with Gasteiger partial charge in [0.15, 0.2) is 5.78 Å². The van der Waals surface area contributed by atoms with Gasteiger partial charge in [-0.2, -0.15) is 10.6 Å². The topological polar surface area (TPSA) is 103 Å². The van der Waals surface area contributed by atoms with Crippen molar-refractivity contribution in [3.05, 3.63) is 47.2 Å². The summed E-state index contributed by atoms with van der Waals surface area (Å²) < 4.78 is 7.43. The molecule has 3 aromatic rings. The molecule has 2 aromatic heterocycles. The third-order valence-electron chi connectivity index (χ3n) is 6.81. The monoisotopic (exact) mass is 496 g/mol. The van der Waals surface area contributed by atoms with Crippen LogP contribution in [0.2, 0.25) is 5.02 Å². The van der Waals surface area contributed by atoms with E-state index in [1.807, 2.05) is 29.1 Å². The number of carbonyl (C=O) groups excluding carboxylic acids is 1. The highest BCUT2D eigenvalue weighted by Gasteiger charge is 2.43. The summed E-state index contributed by atoms with van der Waals surface area (Å²) in [6.07, 6.45) is 7.05. The van der Waals surface area contributed by atoms with Crippen LogP contribution >= 0.6 is 11.6 Å². The Morgan fingerprint density at radius 1 is 1.31 bits per heavy atom. The SMILES string of the molecule is COc1cc(C(=O)C2CCC3(CC2)CON3)ccc1Nc1ncc(Cl)c(-c2ccn(C(C)C)n2)n1. The maximum absolute atomic E-state index is 13.2. The van der Waals surface area contributed by atoms with Gasteiger partial charge in [-0.05, 0) is 63.8 Å². The van der Waals surface area contributed by atoms with E-state index in [0.717, 1.165) is 32.3 Å². The van der Waals surface area contributed by atoms with Gasteiger partial charge in [-0.25, -0.2) is 9.97 Å². The van der Waals surface area contributed by atoms with Gasteiger partial charge in [-0.1, -0.05) is 11.6 Å². The van der Waals surface area contributed by atoms with Crippen molar-refractivity contribution in [2.75, 3.05) is 19.0 Å². The molecule has 1 saturated heterocycles. The summed E-state index contributed by atoms with van der Waals surface area (Å²) in [4.78, 5) is 27.2. The molecule has 9 nitrogen and oxygen atoms in total. The largest absolute Gasteiger partial charge is 0.495 e. The average Bonchev–Trinajstić information content (AvgIpc) is 3.35. The molecule has 1 aromatic carbocycles. The van der Waals surface area contributed by atoms with E-state index in [-0.39, 0.29) is 23.3 Å². The van der Waals surface area contributed by atoms with E-state index in [2.05, 4.69) is 39.7 Å². The van der Waals surface area contributed by atoms with E-state index in [9.17, 15) is 4.79 Å². The van der Waals surface area contributed by atoms with Crippen LogP contribution in [0.5, 0.6) is 5.75 Å². The van der Waals surface area contributed by atoms with Crippen LogP contribution in [0.3, 0.4) is 0 Å². The molecule has 0 unspecified atom stereocenters. The minimum atomic E-state index is 0.0133. The molecular weight excluding hydrogens is 468 g/mol. The second-order valence-electron chi connectivity index (χ2n) is 9.51. The number of anilines is 2. The van der Waals surface area contributed by atoms with Crippen molar-refractivity contribution in [2.45, 2.75) is 51.1 Å². The summed E-state index contributed by atoms with van der Waals surface area (Å²) in [5.74, 6) is 1.06. The van der Waals surface area contributed by atoms with Gasteiger partial charge in [-0.3, -0.25) is 14.3 Å². The number of nitrogens with zero attached hydrogens (tertiary/aromatic N) is 4. The lowest BCUT2D eigenvalue weighted by molar-refractivity contribution is -0.173. The zero-order chi connectivity index (χ0) is 24.6. The lowest BCUT2D eigenvalue weighted by Crippen LogP contribution is -2.61. The summed E-state index contributed by atoms with van der Waals surface area (Å²) in [6.45, 7) is 4.84. The van der Waals surface area contributed by atoms with Crippen molar-refractivity contribution < 1.29 is 14.4 Å². The van der Waals surface area contributed by atoms with Gasteiger partial charge in [0, 0.05) is 23.7 Å². The molecule has 0 amide bonds. The normalized spacial score (nSPS) is 21.7. The molecule has 1 spiro atoms. The number of hydroxylamine groups is 1. The molecular formula is C25H29ClN6O3. The van der Waals surface area contributed by atoms with Gasteiger partial charge in [0.2, 0.25) is 5.95 Å². The molecule has 0 radical (unpaired) electrons. The molecule has 35 heavy (non-hydrogen) atoms. The summed E-state index contributed by atoms with van der Waals surface area (Å²) >= 11 is 6.37. The van der Waals surface area contributed by atoms with E-state index in [1.165, 1.54) is 0 Å². The van der Waals surface area contributed by atoms with Crippen molar-refractivity contribution in [3.8, 4) is 17.1 Å². The van der Waals surface area contributed by atoms with Crippen LogP contribution in [0.25, 0.3) is 11.4 Å². The predicted molar refractivity (Wildman–Crippen MR) is 133 cm³/mol. The zero-order valence-corrected chi connectivity index (χ0v) is 20.8. The van der Waals surface area contributed by atoms with E-state index < -0.39 is 0 Å². The highest BCUT2D eigenvalue weighted by molar-refractivity contribution is 6.32. The lowest BCUT2D eigenvalue weighted by atomic mass is 9.74. The number of benzene rings is 1. The van der Waals surface area contributed by atoms with Crippen LogP contribution < -0.4 is 15.5 Å². The first kappa shape index (κ1) is 23.7. The van der Waals surface area contributed by atoms with Crippen molar-refractivity contribution in [1.82, 2.24) is 25.2 Å². The van der Waals surface area contributed by atoms with Crippen molar-refractivity contribution in [2.24, 2.45) is 5.92 Å². The number of aromatic nitrogens is 4. The van der Waals surface area contributed by atoms with Gasteiger partial charge >= 0.3 is 0 Å². The summed E-state index contributed by atoms with van der Waals surface area (Å²) in [6, 6.07) is 7.53. The molecule has 1 aliphatic heterocycles. The summed E-state index contributed by atoms with van der Waals surface area (Å²) in [7, 11) is 1.58. The Kier molecular flexibility index (Phi) is 6.48. The number of ketones is 1. The molecule has 5 rings (SSSR count). The fourth-order valence-electron chi connectivity index (χ4n) is 4.62. The predicted octanol–water partition coefficient (Wildman–Crippen LogP) is 4.97. The number of halogens is 1. The van der Waals surface area contributed by atoms with Gasteiger partial charge in [-0.15, -0.1) is 0 Å². The molecule has 3 heterocycles. The number of carbonyl (C=O) groups is 1. The Balaban J connectivity index is 1.33. The van der Waals surface area contributed by atoms with Gasteiger partial charge in [0.05, 0.1) is 36.2 Å². The first-order valence-corrected chi connectivity index (χ1v) is 12.2. The van der Waals surface area contributed by atoms with E-state index in [4.69, 9.17) is 21.2 Å². The summed E-state index contributed by atoms with van der Waals surface area (Å²) in [5.41, 5.74) is 5.65. The Morgan fingerprint density at radius 3 is 2.71 bits per heavy atom. The fraction of sp³-hybridized carbons (Fsp3) is 0.440. The Labute approximate surface area is 209 Å². The Hall–Kier alpha value is -3.01. The van der Waals surface area contributed by atoms with E-state index in [0.29, 0.717) is 39.4 Å². The van der Waals surface area contributed by atoms with Crippen LogP contribution in [0, 0.1) is 5.92 Å². The third kappa shape index (κ3) is 4.76. The van der Waals surface area contributed by atoms with Gasteiger partial charge < -0.3 is 10.1 Å². The number of methoxy groups -OCH3 is 1. The molecule has 2 N–H and O–H groups in total. The molecule has 1 aliphatic carbocycles. The van der Waals surface area contributed by atoms with Gasteiger partial charge in [0.25, 0.3) is 0 Å². The first-order chi connectivity index (χ1) is 16.9. The maximum Gasteiger partial charge on any atom is 0.227 e. The number of hydrogen-bond donors (Lipinski definition) is 2. The number of Topliss-reactive ketones (excluding diaryl/α,β-unsaturated/α-hetero) is 1. The molecule has 10 heteroatoms. The molecule has 184 valence electrons. The number of hydrogen-bond acceptors (Lipinski definition) is 8. The van der Waals surface area contributed by atoms with E-state index in [1.54, 1.807) is 19.4 Å². The molecule has 0 bridgehead atoms. The number of ether oxygens (including phenoxy) is 1. The van der Waals surface area contributed by atoms with Gasteiger partial charge in [0.1, 0.15) is 17.1 Å². The second-order valence-corrected chi connectivity index (χ2v) is 9.92. The third-order valence-corrected chi connectivity index (χ3v) is 7.08. The van der Waals surface area contributed by atoms with Crippen molar-refractivity contribution in [1.29, 1.82) is 0 Å². The minimum Gasteiger partial charge on any atom is -0.495 e. The maximum atomic E-state index is 13.2. The highest BCUT2D eigenvalue weighted by atomic mass is 35.5. The Morgan fingerprint density at radius 2 is 2.09 bits per heavy atom. The number of nitrogens with one attached hydrogen (secondary N) is 2. The standard InChI is InChI=1S/C25H29ClN6O3/c1-15(2)32-11-8-20(30-32)22-18(26)13-27-24(29-22)28-19-5-4-17(12-21(19)34-3)23(33)16-6-9-25(10-7-16)14-35-31-25/h4-5,8,11-13,15-16,31H,6-7,9-10,14H2,1-3H3,(H,27,28,29). The van der Waals surface area contributed by atoms with Crippen LogP contribution in [-0.2, 0) is 4.84 Å². The Bertz CT molecular complexity index is 1230. The molecule has 0 atom stereocenters. The highest BCUT2D eigenvalue weighted by Crippen LogP contribution is 2.38. The van der Waals surface area contributed by atoms with Crippen molar-refractivity contribution >= 4 is 29.0 Å². The fourth-order valence-corrected chi connectivity index (χ4v) is 4.81. The molecule has 2 fully saturated rings. The second kappa shape index (κ2) is 9.56. The number of rotatable bonds is 7. The van der Waals surface area contributed by atoms with E-state index >= 15 is 0 Å². The quantitative estimate of drug-likeness (QED) is 0.442. The first-order valence-electron chi connectivity index (χ1n) is 11.8. The smallest absolute Gasteiger partial charge is 0.227 e. The molecule has 1 saturated carbocycles. The van der Waals surface area contributed by atoms with Crippen LogP contribution in [0.15, 0.2) is 36.7 Å². The van der Waals surface area contributed by atoms with Crippen LogP contribution in [-0.4, -0.2) is 44.8 Å². The van der Waals surface area contributed by atoms with Crippen LogP contribution in [0.1, 0.15) is 55.9 Å². The zero-order valence-electron chi connectivity index (χ0n) is 20.0. The summed E-state index contributed by atoms with van der Waals surface area (Å²) in [5, 5.41) is 8.16. The van der Waals surface area contributed by atoms with Crippen molar-refractivity contribution in [3.63, 3.8) is 0 Å². The molecule has 2 aliphatic rings. The van der Waals surface area contributed by atoms with Crippen LogP contribution in [0.4, 0.5) is 11.6 Å². The lowest BCUT2D eigenvalue weighted by Gasteiger charge is -2.46. The average molecular weight is 497 g/mol.